The maximum Gasteiger partial charge on any atom is 0.274 e. The van der Waals surface area contributed by atoms with E-state index in [1.807, 2.05) is 53.1 Å². The highest BCUT2D eigenvalue weighted by atomic mass is 16.5. The van der Waals surface area contributed by atoms with Crippen LogP contribution in [0.5, 0.6) is 0 Å². The number of rotatable bonds is 2. The number of benzene rings is 2. The minimum absolute atomic E-state index is 0.0767. The maximum atomic E-state index is 13.1. The number of aliphatic imine (C=N–C) groups is 1. The van der Waals surface area contributed by atoms with E-state index in [9.17, 15) is 4.79 Å². The molecule has 0 spiro atoms. The molecule has 2 aliphatic heterocycles. The molecule has 0 unspecified atom stereocenters. The first kappa shape index (κ1) is 18.3. The molecule has 1 saturated heterocycles. The summed E-state index contributed by atoms with van der Waals surface area (Å²) in [5.41, 5.74) is 5.72. The van der Waals surface area contributed by atoms with E-state index in [-0.39, 0.29) is 5.91 Å². The fourth-order valence-corrected chi connectivity index (χ4v) is 3.93. The Morgan fingerprint density at radius 3 is 2.67 bits per heavy atom. The molecular formula is C24H20N4O2. The first-order chi connectivity index (χ1) is 14.8. The molecule has 6 heteroatoms. The van der Waals surface area contributed by atoms with Gasteiger partial charge in [0.2, 0.25) is 0 Å². The lowest BCUT2D eigenvalue weighted by Crippen LogP contribution is -2.41. The van der Waals surface area contributed by atoms with Gasteiger partial charge in [0.05, 0.1) is 36.9 Å². The van der Waals surface area contributed by atoms with Crippen molar-refractivity contribution in [2.75, 3.05) is 26.3 Å². The molecule has 5 rings (SSSR count). The Kier molecular flexibility index (Phi) is 4.66. The molecule has 1 amide bonds. The zero-order valence-corrected chi connectivity index (χ0v) is 16.4. The molecule has 2 aliphatic rings. The molecule has 3 aromatic rings. The lowest BCUT2D eigenvalue weighted by Gasteiger charge is -2.26. The number of carbonyl (C=O) groups excluding carboxylic acids is 1. The van der Waals surface area contributed by atoms with Crippen molar-refractivity contribution in [3.63, 3.8) is 0 Å². The van der Waals surface area contributed by atoms with Crippen molar-refractivity contribution in [2.45, 2.75) is 6.54 Å². The van der Waals surface area contributed by atoms with E-state index in [0.717, 1.165) is 33.8 Å². The Balaban J connectivity index is 1.65. The molecule has 0 saturated carbocycles. The predicted molar refractivity (Wildman–Crippen MR) is 114 cm³/mol. The van der Waals surface area contributed by atoms with Crippen LogP contribution >= 0.6 is 0 Å². The van der Waals surface area contributed by atoms with Crippen molar-refractivity contribution in [3.05, 3.63) is 82.9 Å². The second-order valence-corrected chi connectivity index (χ2v) is 7.22. The summed E-state index contributed by atoms with van der Waals surface area (Å²) in [6.45, 7) is 2.61. The van der Waals surface area contributed by atoms with Crippen LogP contribution in [0.2, 0.25) is 0 Å². The fourth-order valence-electron chi connectivity index (χ4n) is 3.93. The summed E-state index contributed by atoms with van der Waals surface area (Å²) >= 11 is 0. The van der Waals surface area contributed by atoms with Crippen LogP contribution in [-0.2, 0) is 11.3 Å². The SMILES string of the molecule is C#Cc1ccc2c(c1)C(c1ccccc1)=NCc1c(C(=O)N3CCOCC3)ncn1-2. The third kappa shape index (κ3) is 3.10. The molecule has 148 valence electrons. The van der Waals surface area contributed by atoms with E-state index < -0.39 is 0 Å². The smallest absolute Gasteiger partial charge is 0.274 e. The Morgan fingerprint density at radius 1 is 1.10 bits per heavy atom. The summed E-state index contributed by atoms with van der Waals surface area (Å²) in [5, 5.41) is 0. The van der Waals surface area contributed by atoms with Gasteiger partial charge in [-0.25, -0.2) is 4.98 Å². The van der Waals surface area contributed by atoms with Crippen LogP contribution in [0.1, 0.15) is 32.9 Å². The molecule has 0 aliphatic carbocycles. The van der Waals surface area contributed by atoms with Gasteiger partial charge in [-0.15, -0.1) is 6.42 Å². The highest BCUT2D eigenvalue weighted by molar-refractivity contribution is 6.15. The monoisotopic (exact) mass is 396 g/mol. The molecule has 3 heterocycles. The van der Waals surface area contributed by atoms with E-state index in [0.29, 0.717) is 38.5 Å². The van der Waals surface area contributed by atoms with Crippen LogP contribution in [-0.4, -0.2) is 52.4 Å². The molecule has 0 N–H and O–H groups in total. The first-order valence-electron chi connectivity index (χ1n) is 9.91. The number of fused-ring (bicyclic) bond motifs is 3. The molecular weight excluding hydrogens is 376 g/mol. The van der Waals surface area contributed by atoms with Crippen LogP contribution in [0.4, 0.5) is 0 Å². The van der Waals surface area contributed by atoms with E-state index in [1.165, 1.54) is 0 Å². The molecule has 0 atom stereocenters. The van der Waals surface area contributed by atoms with Gasteiger partial charge in [-0.05, 0) is 18.2 Å². The summed E-state index contributed by atoms with van der Waals surface area (Å²) in [7, 11) is 0. The molecule has 1 aromatic heterocycles. The van der Waals surface area contributed by atoms with Crippen molar-refractivity contribution in [1.82, 2.24) is 14.5 Å². The highest BCUT2D eigenvalue weighted by Crippen LogP contribution is 2.28. The first-order valence-corrected chi connectivity index (χ1v) is 9.91. The molecule has 30 heavy (non-hydrogen) atoms. The standard InChI is InChI=1S/C24H20N4O2/c1-2-17-8-9-20-19(14-17)22(18-6-4-3-5-7-18)25-15-21-23(26-16-28(20)21)24(29)27-10-12-30-13-11-27/h1,3-9,14,16H,10-13,15H2. The zero-order chi connectivity index (χ0) is 20.5. The second-order valence-electron chi connectivity index (χ2n) is 7.22. The lowest BCUT2D eigenvalue weighted by atomic mass is 9.98. The Labute approximate surface area is 174 Å². The Bertz CT molecular complexity index is 1180. The number of morpholine rings is 1. The van der Waals surface area contributed by atoms with Crippen molar-refractivity contribution in [2.24, 2.45) is 4.99 Å². The predicted octanol–water partition coefficient (Wildman–Crippen LogP) is 2.68. The third-order valence-electron chi connectivity index (χ3n) is 5.48. The summed E-state index contributed by atoms with van der Waals surface area (Å²) < 4.78 is 7.33. The number of nitrogens with zero attached hydrogens (tertiary/aromatic N) is 4. The molecule has 1 fully saturated rings. The van der Waals surface area contributed by atoms with Crippen LogP contribution in [0, 0.1) is 12.3 Å². The van der Waals surface area contributed by atoms with E-state index in [2.05, 4.69) is 10.9 Å². The number of hydrogen-bond donors (Lipinski definition) is 0. The molecule has 2 aromatic carbocycles. The van der Waals surface area contributed by atoms with Crippen molar-refractivity contribution in [3.8, 4) is 18.0 Å². The number of imidazole rings is 1. The largest absolute Gasteiger partial charge is 0.378 e. The zero-order valence-electron chi connectivity index (χ0n) is 16.4. The van der Waals surface area contributed by atoms with Gasteiger partial charge in [0.25, 0.3) is 5.91 Å². The van der Waals surface area contributed by atoms with Gasteiger partial charge in [-0.1, -0.05) is 36.3 Å². The highest BCUT2D eigenvalue weighted by Gasteiger charge is 2.28. The molecule has 0 radical (unpaired) electrons. The average molecular weight is 396 g/mol. The average Bonchev–Trinajstić information content (AvgIpc) is 3.16. The van der Waals surface area contributed by atoms with E-state index in [4.69, 9.17) is 16.2 Å². The topological polar surface area (TPSA) is 59.7 Å². The minimum atomic E-state index is -0.0767. The van der Waals surface area contributed by atoms with Crippen LogP contribution < -0.4 is 0 Å². The van der Waals surface area contributed by atoms with Gasteiger partial charge in [0.1, 0.15) is 6.33 Å². The molecule has 0 bridgehead atoms. The van der Waals surface area contributed by atoms with Gasteiger partial charge in [-0.2, -0.15) is 0 Å². The van der Waals surface area contributed by atoms with Gasteiger partial charge in [0.15, 0.2) is 5.69 Å². The van der Waals surface area contributed by atoms with E-state index >= 15 is 0 Å². The minimum Gasteiger partial charge on any atom is -0.378 e. The lowest BCUT2D eigenvalue weighted by molar-refractivity contribution is 0.0298. The van der Waals surface area contributed by atoms with Gasteiger partial charge in [0, 0.05) is 29.8 Å². The number of carbonyl (C=O) groups is 1. The second kappa shape index (κ2) is 7.62. The number of amides is 1. The van der Waals surface area contributed by atoms with Crippen molar-refractivity contribution < 1.29 is 9.53 Å². The van der Waals surface area contributed by atoms with Gasteiger partial charge < -0.3 is 9.64 Å². The maximum absolute atomic E-state index is 13.1. The normalized spacial score (nSPS) is 15.4. The number of aromatic nitrogens is 2. The van der Waals surface area contributed by atoms with Gasteiger partial charge >= 0.3 is 0 Å². The Morgan fingerprint density at radius 2 is 1.90 bits per heavy atom. The quantitative estimate of drug-likeness (QED) is 0.626. The molecule has 6 nitrogen and oxygen atoms in total. The summed E-state index contributed by atoms with van der Waals surface area (Å²) in [4.78, 5) is 24.3. The number of ether oxygens (including phenoxy) is 1. The van der Waals surface area contributed by atoms with Crippen molar-refractivity contribution >= 4 is 11.6 Å². The fraction of sp³-hybridized carbons (Fsp3) is 0.208. The third-order valence-corrected chi connectivity index (χ3v) is 5.48. The summed E-state index contributed by atoms with van der Waals surface area (Å²) in [5.74, 6) is 2.63. The van der Waals surface area contributed by atoms with Crippen LogP contribution in [0.25, 0.3) is 5.69 Å². The summed E-state index contributed by atoms with van der Waals surface area (Å²) in [6, 6.07) is 15.9. The Hall–Kier alpha value is -3.69. The number of terminal acetylenes is 1. The van der Waals surface area contributed by atoms with Crippen molar-refractivity contribution in [1.29, 1.82) is 0 Å². The van der Waals surface area contributed by atoms with Gasteiger partial charge in [-0.3, -0.25) is 14.4 Å². The van der Waals surface area contributed by atoms with Crippen LogP contribution in [0.3, 0.4) is 0 Å². The van der Waals surface area contributed by atoms with Crippen LogP contribution in [0.15, 0.2) is 59.9 Å². The number of hydrogen-bond acceptors (Lipinski definition) is 4. The summed E-state index contributed by atoms with van der Waals surface area (Å²) in [6.07, 6.45) is 7.37. The van der Waals surface area contributed by atoms with E-state index in [1.54, 1.807) is 11.2 Å².